The number of carboxylic acids is 1. The number of hydrogen-bond acceptors (Lipinski definition) is 5. The Morgan fingerprint density at radius 2 is 2.22 bits per heavy atom. The van der Waals surface area contributed by atoms with Gasteiger partial charge in [-0.2, -0.15) is 0 Å². The maximum absolute atomic E-state index is 11.4. The van der Waals surface area contributed by atoms with Crippen molar-refractivity contribution < 1.29 is 19.4 Å². The van der Waals surface area contributed by atoms with Crippen molar-refractivity contribution in [2.75, 3.05) is 6.61 Å². The fourth-order valence-electron chi connectivity index (χ4n) is 1.22. The molecule has 2 N–H and O–H groups in total. The summed E-state index contributed by atoms with van der Waals surface area (Å²) in [4.78, 5) is 29.8. The molecule has 0 aromatic carbocycles. The minimum Gasteiger partial charge on any atom is -0.480 e. The summed E-state index contributed by atoms with van der Waals surface area (Å²) >= 11 is 0. The first kappa shape index (κ1) is 13.9. The van der Waals surface area contributed by atoms with Crippen molar-refractivity contribution in [3.05, 3.63) is 18.1 Å². The molecule has 0 aliphatic heterocycles. The average molecular weight is 253 g/mol. The van der Waals surface area contributed by atoms with Crippen LogP contribution in [0.1, 0.15) is 19.0 Å². The highest BCUT2D eigenvalue weighted by atomic mass is 16.5. The molecule has 1 rings (SSSR count). The number of aryl methyl sites for hydroxylation is 1. The van der Waals surface area contributed by atoms with Crippen LogP contribution in [-0.2, 0) is 9.59 Å². The van der Waals surface area contributed by atoms with Crippen molar-refractivity contribution in [1.82, 2.24) is 15.3 Å². The Kier molecular flexibility index (Phi) is 5.04. The fraction of sp³-hybridized carbons (Fsp3) is 0.455. The van der Waals surface area contributed by atoms with Crippen LogP contribution in [0.15, 0.2) is 12.4 Å². The van der Waals surface area contributed by atoms with Crippen LogP contribution in [0.2, 0.25) is 0 Å². The fourth-order valence-corrected chi connectivity index (χ4v) is 1.22. The molecule has 98 valence electrons. The zero-order valence-electron chi connectivity index (χ0n) is 10.2. The van der Waals surface area contributed by atoms with Crippen molar-refractivity contribution in [2.45, 2.75) is 26.3 Å². The van der Waals surface area contributed by atoms with Gasteiger partial charge in [0.15, 0.2) is 6.61 Å². The summed E-state index contributed by atoms with van der Waals surface area (Å²) in [5, 5.41) is 11.1. The van der Waals surface area contributed by atoms with Gasteiger partial charge < -0.3 is 15.2 Å². The molecule has 0 aliphatic carbocycles. The molecule has 1 aromatic rings. The molecule has 0 spiro atoms. The summed E-state index contributed by atoms with van der Waals surface area (Å²) in [7, 11) is 0. The molecule has 0 saturated heterocycles. The van der Waals surface area contributed by atoms with Gasteiger partial charge in [0, 0.05) is 11.8 Å². The third-order valence-electron chi connectivity index (χ3n) is 2.17. The molecule has 7 heteroatoms. The predicted octanol–water partition coefficient (Wildman–Crippen LogP) is 0.143. The zero-order valence-corrected chi connectivity index (χ0v) is 10.2. The van der Waals surface area contributed by atoms with Crippen molar-refractivity contribution in [2.24, 2.45) is 0 Å². The van der Waals surface area contributed by atoms with E-state index in [1.807, 2.05) is 0 Å². The first-order valence-electron chi connectivity index (χ1n) is 5.46. The molecule has 18 heavy (non-hydrogen) atoms. The van der Waals surface area contributed by atoms with Crippen molar-refractivity contribution in [3.8, 4) is 5.88 Å². The molecule has 0 fully saturated rings. The molecule has 1 atom stereocenters. The molecule has 0 radical (unpaired) electrons. The highest BCUT2D eigenvalue weighted by Gasteiger charge is 2.17. The SMILES string of the molecule is CCC(NC(=O)COc1cc(C)ncn1)C(=O)O. The van der Waals surface area contributed by atoms with Crippen LogP contribution in [0.5, 0.6) is 5.88 Å². The van der Waals surface area contributed by atoms with Gasteiger partial charge in [0.25, 0.3) is 5.91 Å². The number of carbonyl (C=O) groups is 2. The van der Waals surface area contributed by atoms with Gasteiger partial charge in [-0.05, 0) is 13.3 Å². The molecule has 0 saturated carbocycles. The molecule has 1 aromatic heterocycles. The van der Waals surface area contributed by atoms with Gasteiger partial charge in [-0.1, -0.05) is 6.92 Å². The summed E-state index contributed by atoms with van der Waals surface area (Å²) in [6, 6.07) is 0.690. The quantitative estimate of drug-likeness (QED) is 0.748. The van der Waals surface area contributed by atoms with Gasteiger partial charge in [0.2, 0.25) is 5.88 Å². The second-order valence-corrected chi connectivity index (χ2v) is 3.65. The average Bonchev–Trinajstić information content (AvgIpc) is 2.33. The highest BCUT2D eigenvalue weighted by molar-refractivity contribution is 5.84. The van der Waals surface area contributed by atoms with E-state index < -0.39 is 17.9 Å². The van der Waals surface area contributed by atoms with Crippen LogP contribution in [0.3, 0.4) is 0 Å². The first-order valence-corrected chi connectivity index (χ1v) is 5.46. The lowest BCUT2D eigenvalue weighted by Gasteiger charge is -2.12. The number of nitrogens with one attached hydrogen (secondary N) is 1. The van der Waals surface area contributed by atoms with E-state index in [4.69, 9.17) is 9.84 Å². The number of amides is 1. The second kappa shape index (κ2) is 6.53. The predicted molar refractivity (Wildman–Crippen MR) is 62.1 cm³/mol. The molecular weight excluding hydrogens is 238 g/mol. The lowest BCUT2D eigenvalue weighted by Crippen LogP contribution is -2.42. The molecule has 0 aliphatic rings. The Morgan fingerprint density at radius 3 is 2.78 bits per heavy atom. The zero-order chi connectivity index (χ0) is 13.5. The van der Waals surface area contributed by atoms with E-state index in [0.29, 0.717) is 6.42 Å². The third kappa shape index (κ3) is 4.36. The minimum absolute atomic E-state index is 0.278. The molecular formula is C11H15N3O4. The van der Waals surface area contributed by atoms with Crippen LogP contribution < -0.4 is 10.1 Å². The Labute approximate surface area is 104 Å². The van der Waals surface area contributed by atoms with Gasteiger partial charge in [-0.15, -0.1) is 0 Å². The van der Waals surface area contributed by atoms with Crippen molar-refractivity contribution in [1.29, 1.82) is 0 Å². The van der Waals surface area contributed by atoms with Crippen LogP contribution in [0.4, 0.5) is 0 Å². The van der Waals surface area contributed by atoms with E-state index in [2.05, 4.69) is 15.3 Å². The smallest absolute Gasteiger partial charge is 0.326 e. The second-order valence-electron chi connectivity index (χ2n) is 3.65. The van der Waals surface area contributed by atoms with Gasteiger partial charge in [-0.3, -0.25) is 4.79 Å². The number of nitrogens with zero attached hydrogens (tertiary/aromatic N) is 2. The lowest BCUT2D eigenvalue weighted by molar-refractivity contribution is -0.142. The van der Waals surface area contributed by atoms with E-state index in [1.54, 1.807) is 19.9 Å². The van der Waals surface area contributed by atoms with Crippen LogP contribution in [-0.4, -0.2) is 39.6 Å². The molecule has 0 bridgehead atoms. The van der Waals surface area contributed by atoms with E-state index in [1.165, 1.54) is 6.33 Å². The topological polar surface area (TPSA) is 101 Å². The van der Waals surface area contributed by atoms with Gasteiger partial charge in [0.05, 0.1) is 0 Å². The Morgan fingerprint density at radius 1 is 1.50 bits per heavy atom. The Balaban J connectivity index is 2.44. The first-order chi connectivity index (χ1) is 8.52. The molecule has 7 nitrogen and oxygen atoms in total. The third-order valence-corrected chi connectivity index (χ3v) is 2.17. The summed E-state index contributed by atoms with van der Waals surface area (Å²) in [6.07, 6.45) is 1.64. The summed E-state index contributed by atoms with van der Waals surface area (Å²) in [5.74, 6) is -1.29. The molecule has 1 unspecified atom stereocenters. The Hall–Kier alpha value is -2.18. The standard InChI is InChI=1S/C11H15N3O4/c1-3-8(11(16)17)14-9(15)5-18-10-4-7(2)12-6-13-10/h4,6,8H,3,5H2,1-2H3,(H,14,15)(H,16,17). The van der Waals surface area contributed by atoms with Crippen LogP contribution in [0, 0.1) is 6.92 Å². The molecule has 1 amide bonds. The number of carboxylic acid groups (broad SMARTS) is 1. The highest BCUT2D eigenvalue weighted by Crippen LogP contribution is 2.05. The Bertz CT molecular complexity index is 436. The van der Waals surface area contributed by atoms with Crippen LogP contribution in [0.25, 0.3) is 0 Å². The van der Waals surface area contributed by atoms with E-state index in [-0.39, 0.29) is 12.5 Å². The number of aromatic nitrogens is 2. The number of hydrogen-bond donors (Lipinski definition) is 2. The molecule has 1 heterocycles. The number of ether oxygens (including phenoxy) is 1. The summed E-state index contributed by atoms with van der Waals surface area (Å²) < 4.78 is 5.12. The van der Waals surface area contributed by atoms with Crippen molar-refractivity contribution >= 4 is 11.9 Å². The van der Waals surface area contributed by atoms with E-state index in [0.717, 1.165) is 5.69 Å². The number of carbonyl (C=O) groups excluding carboxylic acids is 1. The van der Waals surface area contributed by atoms with Crippen LogP contribution >= 0.6 is 0 Å². The maximum Gasteiger partial charge on any atom is 0.326 e. The van der Waals surface area contributed by atoms with Gasteiger partial charge in [0.1, 0.15) is 12.4 Å². The van der Waals surface area contributed by atoms with E-state index >= 15 is 0 Å². The van der Waals surface area contributed by atoms with E-state index in [9.17, 15) is 9.59 Å². The maximum atomic E-state index is 11.4. The van der Waals surface area contributed by atoms with Crippen molar-refractivity contribution in [3.63, 3.8) is 0 Å². The monoisotopic (exact) mass is 253 g/mol. The number of aliphatic carboxylic acids is 1. The normalized spacial score (nSPS) is 11.7. The number of rotatable bonds is 6. The summed E-state index contributed by atoms with van der Waals surface area (Å²) in [5.41, 5.74) is 0.720. The lowest BCUT2D eigenvalue weighted by atomic mass is 10.2. The van der Waals surface area contributed by atoms with Gasteiger partial charge >= 0.3 is 5.97 Å². The largest absolute Gasteiger partial charge is 0.480 e. The summed E-state index contributed by atoms with van der Waals surface area (Å²) in [6.45, 7) is 3.17. The van der Waals surface area contributed by atoms with Gasteiger partial charge in [-0.25, -0.2) is 14.8 Å². The minimum atomic E-state index is -1.07.